The molecule has 0 atom stereocenters. The van der Waals surface area contributed by atoms with E-state index in [2.05, 4.69) is 27.0 Å². The Morgan fingerprint density at radius 1 is 1.50 bits per heavy atom. The lowest BCUT2D eigenvalue weighted by molar-refractivity contribution is 0.418. The molecule has 0 unspecified atom stereocenters. The predicted octanol–water partition coefficient (Wildman–Crippen LogP) is 3.77. The van der Waals surface area contributed by atoms with Crippen LogP contribution < -0.4 is 0 Å². The second kappa shape index (κ2) is 3.35. The fourth-order valence-electron chi connectivity index (χ4n) is 1.47. The van der Waals surface area contributed by atoms with Crippen LogP contribution >= 0.6 is 27.5 Å². The molecule has 1 saturated carbocycles. The summed E-state index contributed by atoms with van der Waals surface area (Å²) in [5.41, 5.74) is 1.32. The topological polar surface area (TPSA) is 12.9 Å². The molecule has 0 bridgehead atoms. The number of hydrogen-bond acceptors (Lipinski definition) is 1. The highest BCUT2D eigenvalue weighted by atomic mass is 79.9. The van der Waals surface area contributed by atoms with Crippen LogP contribution in [0.5, 0.6) is 0 Å². The van der Waals surface area contributed by atoms with E-state index >= 15 is 0 Å². The fraction of sp³-hybridized carbons (Fsp3) is 0.444. The Balaban J connectivity index is 2.36. The van der Waals surface area contributed by atoms with Gasteiger partial charge in [0.1, 0.15) is 5.15 Å². The zero-order valence-corrected chi connectivity index (χ0v) is 8.90. The number of rotatable bonds is 1. The van der Waals surface area contributed by atoms with E-state index in [4.69, 9.17) is 11.6 Å². The molecule has 3 heteroatoms. The Kier molecular flexibility index (Phi) is 2.37. The van der Waals surface area contributed by atoms with Gasteiger partial charge < -0.3 is 0 Å². The molecule has 0 aromatic carbocycles. The smallest absolute Gasteiger partial charge is 0.143 e. The van der Waals surface area contributed by atoms with Crippen molar-refractivity contribution in [2.45, 2.75) is 25.2 Å². The van der Waals surface area contributed by atoms with E-state index < -0.39 is 0 Å². The Morgan fingerprint density at radius 3 is 2.83 bits per heavy atom. The van der Waals surface area contributed by atoms with Gasteiger partial charge in [-0.05, 0) is 46.3 Å². The molecular formula is C9H9BrClN. The summed E-state index contributed by atoms with van der Waals surface area (Å²) < 4.78 is 0.983. The molecule has 1 nitrogen and oxygen atoms in total. The van der Waals surface area contributed by atoms with E-state index in [1.807, 2.05) is 0 Å². The number of pyridine rings is 1. The van der Waals surface area contributed by atoms with Gasteiger partial charge in [0.15, 0.2) is 0 Å². The molecule has 1 aromatic heterocycles. The van der Waals surface area contributed by atoms with Crippen molar-refractivity contribution in [1.82, 2.24) is 4.98 Å². The third-order valence-corrected chi connectivity index (χ3v) is 3.77. The van der Waals surface area contributed by atoms with Gasteiger partial charge in [-0.3, -0.25) is 0 Å². The minimum absolute atomic E-state index is 0.583. The first kappa shape index (κ1) is 8.52. The van der Waals surface area contributed by atoms with E-state index in [1.165, 1.54) is 24.8 Å². The van der Waals surface area contributed by atoms with Gasteiger partial charge in [0.25, 0.3) is 0 Å². The quantitative estimate of drug-likeness (QED) is 0.688. The highest BCUT2D eigenvalue weighted by Gasteiger charge is 2.22. The molecule has 12 heavy (non-hydrogen) atoms. The lowest BCUT2D eigenvalue weighted by atomic mass is 9.80. The van der Waals surface area contributed by atoms with Gasteiger partial charge in [-0.2, -0.15) is 0 Å². The molecule has 1 fully saturated rings. The molecule has 0 saturated heterocycles. The van der Waals surface area contributed by atoms with Crippen molar-refractivity contribution in [2.24, 2.45) is 0 Å². The monoisotopic (exact) mass is 245 g/mol. The third kappa shape index (κ3) is 1.38. The molecular weight excluding hydrogens is 237 g/mol. The first-order valence-electron chi connectivity index (χ1n) is 4.09. The van der Waals surface area contributed by atoms with Crippen molar-refractivity contribution in [3.63, 3.8) is 0 Å². The average Bonchev–Trinajstić information content (AvgIpc) is 1.95. The summed E-state index contributed by atoms with van der Waals surface area (Å²) in [6.07, 6.45) is 5.70. The van der Waals surface area contributed by atoms with Gasteiger partial charge in [0.2, 0.25) is 0 Å². The molecule has 1 aromatic rings. The maximum Gasteiger partial charge on any atom is 0.143 e. The average molecular weight is 247 g/mol. The van der Waals surface area contributed by atoms with Crippen molar-refractivity contribution in [3.05, 3.63) is 27.5 Å². The van der Waals surface area contributed by atoms with Gasteiger partial charge in [0.05, 0.1) is 4.47 Å². The predicted molar refractivity (Wildman–Crippen MR) is 53.5 cm³/mol. The Morgan fingerprint density at radius 2 is 2.25 bits per heavy atom. The van der Waals surface area contributed by atoms with E-state index in [0.717, 1.165) is 4.47 Å². The molecule has 1 heterocycles. The van der Waals surface area contributed by atoms with Crippen LogP contribution in [-0.2, 0) is 0 Å². The van der Waals surface area contributed by atoms with Crippen LogP contribution in [0.3, 0.4) is 0 Å². The van der Waals surface area contributed by atoms with Gasteiger partial charge in [-0.25, -0.2) is 4.98 Å². The SMILES string of the molecule is Clc1nccc(C2CCC2)c1Br. The Bertz CT molecular complexity index is 297. The molecule has 0 N–H and O–H groups in total. The zero-order valence-electron chi connectivity index (χ0n) is 6.56. The van der Waals surface area contributed by atoms with Crippen LogP contribution in [0.1, 0.15) is 30.7 Å². The molecule has 1 aliphatic rings. The Hall–Kier alpha value is -0.0800. The summed E-state index contributed by atoms with van der Waals surface area (Å²) in [4.78, 5) is 4.00. The minimum atomic E-state index is 0.583. The molecule has 0 amide bonds. The molecule has 1 aliphatic carbocycles. The second-order valence-electron chi connectivity index (χ2n) is 3.13. The molecule has 64 valence electrons. The van der Waals surface area contributed by atoms with Gasteiger partial charge in [-0.15, -0.1) is 0 Å². The van der Waals surface area contributed by atoms with Crippen molar-refractivity contribution in [3.8, 4) is 0 Å². The van der Waals surface area contributed by atoms with Crippen molar-refractivity contribution in [2.75, 3.05) is 0 Å². The van der Waals surface area contributed by atoms with Crippen molar-refractivity contribution in [1.29, 1.82) is 0 Å². The lowest BCUT2D eigenvalue weighted by Crippen LogP contribution is -2.09. The lowest BCUT2D eigenvalue weighted by Gasteiger charge is -2.26. The highest BCUT2D eigenvalue weighted by molar-refractivity contribution is 9.10. The Labute approximate surface area is 85.3 Å². The highest BCUT2D eigenvalue weighted by Crippen LogP contribution is 2.40. The summed E-state index contributed by atoms with van der Waals surface area (Å²) in [5, 5.41) is 0.583. The van der Waals surface area contributed by atoms with E-state index in [0.29, 0.717) is 11.1 Å². The summed E-state index contributed by atoms with van der Waals surface area (Å²) in [5.74, 6) is 0.708. The minimum Gasteiger partial charge on any atom is -0.243 e. The summed E-state index contributed by atoms with van der Waals surface area (Å²) in [6.45, 7) is 0. The normalized spacial score (nSPS) is 17.5. The van der Waals surface area contributed by atoms with Crippen LogP contribution in [0.25, 0.3) is 0 Å². The summed E-state index contributed by atoms with van der Waals surface area (Å²) in [7, 11) is 0. The van der Waals surface area contributed by atoms with Gasteiger partial charge >= 0.3 is 0 Å². The van der Waals surface area contributed by atoms with E-state index in [9.17, 15) is 0 Å². The van der Waals surface area contributed by atoms with Crippen molar-refractivity contribution >= 4 is 27.5 Å². The number of nitrogens with zero attached hydrogens (tertiary/aromatic N) is 1. The summed E-state index contributed by atoms with van der Waals surface area (Å²) >= 11 is 9.34. The van der Waals surface area contributed by atoms with E-state index in [-0.39, 0.29) is 0 Å². The fourth-order valence-corrected chi connectivity index (χ4v) is 2.19. The first-order chi connectivity index (χ1) is 5.79. The maximum atomic E-state index is 5.88. The molecule has 0 radical (unpaired) electrons. The van der Waals surface area contributed by atoms with Crippen LogP contribution in [-0.4, -0.2) is 4.98 Å². The van der Waals surface area contributed by atoms with Crippen LogP contribution in [0, 0.1) is 0 Å². The van der Waals surface area contributed by atoms with Crippen LogP contribution in [0.15, 0.2) is 16.7 Å². The van der Waals surface area contributed by atoms with Crippen molar-refractivity contribution < 1.29 is 0 Å². The standard InChI is InChI=1S/C9H9BrClN/c10-8-7(6-2-1-3-6)4-5-12-9(8)11/h4-6H,1-3H2. The first-order valence-corrected chi connectivity index (χ1v) is 5.26. The largest absolute Gasteiger partial charge is 0.243 e. The van der Waals surface area contributed by atoms with Gasteiger partial charge in [0, 0.05) is 6.20 Å². The van der Waals surface area contributed by atoms with E-state index in [1.54, 1.807) is 6.20 Å². The third-order valence-electron chi connectivity index (χ3n) is 2.42. The maximum absolute atomic E-state index is 5.88. The van der Waals surface area contributed by atoms with Gasteiger partial charge in [-0.1, -0.05) is 18.0 Å². The molecule has 0 aliphatic heterocycles. The summed E-state index contributed by atoms with van der Waals surface area (Å²) in [6, 6.07) is 2.06. The second-order valence-corrected chi connectivity index (χ2v) is 4.28. The van der Waals surface area contributed by atoms with Crippen LogP contribution in [0.2, 0.25) is 5.15 Å². The number of hydrogen-bond donors (Lipinski definition) is 0. The molecule has 0 spiro atoms. The van der Waals surface area contributed by atoms with Crippen LogP contribution in [0.4, 0.5) is 0 Å². The number of aromatic nitrogens is 1. The zero-order chi connectivity index (χ0) is 8.55. The molecule has 2 rings (SSSR count). The number of halogens is 2.